The first-order valence-electron chi connectivity index (χ1n) is 11.8. The lowest BCUT2D eigenvalue weighted by molar-refractivity contribution is -0.133. The molecule has 8 heteroatoms. The van der Waals surface area contributed by atoms with E-state index in [-0.39, 0.29) is 5.91 Å². The molecule has 1 saturated heterocycles. The molecule has 4 aromatic rings. The third-order valence-corrected chi connectivity index (χ3v) is 6.62. The topological polar surface area (TPSA) is 98.2 Å². The van der Waals surface area contributed by atoms with Crippen LogP contribution in [0, 0.1) is 6.92 Å². The Morgan fingerprint density at radius 1 is 1.21 bits per heavy atom. The minimum atomic E-state index is -0.973. The number of hydrogen-bond donors (Lipinski definition) is 2. The summed E-state index contributed by atoms with van der Waals surface area (Å²) >= 11 is 0. The standard InChI is InChI=1S/C26H30N6O2/c1-18-29-20-8-6-19(15-22(20)30-18)7-9-24(33)31(2)16-26(34)11-4-14-32(17-26)23-10-13-27-21-5-3-12-28-25(21)23/h3,5-6,8,10,12-13,15,34H,4,7,9,11,14,16-17H2,1-2H3,(H,29,30)/t26-/m1/s1. The summed E-state index contributed by atoms with van der Waals surface area (Å²) in [5.74, 6) is 0.913. The van der Waals surface area contributed by atoms with Crippen molar-refractivity contribution in [1.29, 1.82) is 0 Å². The van der Waals surface area contributed by atoms with E-state index in [0.717, 1.165) is 52.1 Å². The maximum atomic E-state index is 12.9. The normalized spacial score (nSPS) is 18.5. The molecule has 0 unspecified atom stereocenters. The zero-order valence-electron chi connectivity index (χ0n) is 19.7. The molecular formula is C26H30N6O2. The Bertz CT molecular complexity index is 1330. The predicted octanol–water partition coefficient (Wildman–Crippen LogP) is 3.24. The summed E-state index contributed by atoms with van der Waals surface area (Å²) in [5.41, 5.74) is 4.70. The molecule has 0 spiro atoms. The predicted molar refractivity (Wildman–Crippen MR) is 133 cm³/mol. The number of hydrogen-bond acceptors (Lipinski definition) is 6. The number of aromatic nitrogens is 4. The van der Waals surface area contributed by atoms with Crippen LogP contribution < -0.4 is 4.90 Å². The Kier molecular flexibility index (Phi) is 5.91. The van der Waals surface area contributed by atoms with E-state index < -0.39 is 5.60 Å². The number of aromatic amines is 1. The molecule has 1 aromatic carbocycles. The van der Waals surface area contributed by atoms with Crippen LogP contribution in [0.15, 0.2) is 48.8 Å². The fourth-order valence-corrected chi connectivity index (χ4v) is 4.98. The molecular weight excluding hydrogens is 428 g/mol. The van der Waals surface area contributed by atoms with Crippen molar-refractivity contribution in [2.24, 2.45) is 0 Å². The molecule has 1 amide bonds. The van der Waals surface area contributed by atoms with Crippen LogP contribution in [0.25, 0.3) is 22.1 Å². The van der Waals surface area contributed by atoms with Crippen LogP contribution in [0.1, 0.15) is 30.7 Å². The van der Waals surface area contributed by atoms with Gasteiger partial charge in [0.05, 0.1) is 34.4 Å². The number of carbonyl (C=O) groups is 1. The first-order chi connectivity index (χ1) is 16.4. The number of nitrogens with zero attached hydrogens (tertiary/aromatic N) is 5. The molecule has 1 aliphatic heterocycles. The number of β-amino-alcohol motifs (C(OH)–C–C–N with tert-alkyl or cyclic N) is 1. The van der Waals surface area contributed by atoms with Crippen LogP contribution in [0.4, 0.5) is 5.69 Å². The van der Waals surface area contributed by atoms with Gasteiger partial charge in [-0.3, -0.25) is 14.8 Å². The number of rotatable bonds is 6. The minimum absolute atomic E-state index is 0.0301. The van der Waals surface area contributed by atoms with Gasteiger partial charge in [0.25, 0.3) is 0 Å². The average molecular weight is 459 g/mol. The molecule has 8 nitrogen and oxygen atoms in total. The lowest BCUT2D eigenvalue weighted by Gasteiger charge is -2.42. The Balaban J connectivity index is 1.23. The van der Waals surface area contributed by atoms with Crippen molar-refractivity contribution in [3.8, 4) is 0 Å². The minimum Gasteiger partial charge on any atom is -0.386 e. The highest BCUT2D eigenvalue weighted by Gasteiger charge is 2.36. The fourth-order valence-electron chi connectivity index (χ4n) is 4.98. The number of pyridine rings is 2. The average Bonchev–Trinajstić information content (AvgIpc) is 3.21. The number of piperidine rings is 1. The third-order valence-electron chi connectivity index (χ3n) is 6.62. The highest BCUT2D eigenvalue weighted by molar-refractivity contribution is 5.87. The zero-order valence-corrected chi connectivity index (χ0v) is 19.7. The van der Waals surface area contributed by atoms with Crippen molar-refractivity contribution in [2.75, 3.05) is 31.6 Å². The summed E-state index contributed by atoms with van der Waals surface area (Å²) in [5, 5.41) is 11.4. The number of aryl methyl sites for hydroxylation is 2. The molecule has 2 N–H and O–H groups in total. The van der Waals surface area contributed by atoms with Gasteiger partial charge in [-0.1, -0.05) is 6.07 Å². The van der Waals surface area contributed by atoms with E-state index in [0.29, 0.717) is 32.4 Å². The lowest BCUT2D eigenvalue weighted by atomic mass is 9.91. The largest absolute Gasteiger partial charge is 0.386 e. The monoisotopic (exact) mass is 458 g/mol. The molecule has 0 bridgehead atoms. The van der Waals surface area contributed by atoms with Crippen molar-refractivity contribution in [3.05, 3.63) is 60.2 Å². The van der Waals surface area contributed by atoms with E-state index in [4.69, 9.17) is 0 Å². The van der Waals surface area contributed by atoms with E-state index >= 15 is 0 Å². The summed E-state index contributed by atoms with van der Waals surface area (Å²) in [6, 6.07) is 11.8. The second-order valence-corrected chi connectivity index (χ2v) is 9.37. The van der Waals surface area contributed by atoms with Crippen molar-refractivity contribution in [2.45, 2.75) is 38.2 Å². The van der Waals surface area contributed by atoms with Gasteiger partial charge in [-0.15, -0.1) is 0 Å². The molecule has 0 saturated carbocycles. The van der Waals surface area contributed by atoms with Crippen molar-refractivity contribution in [3.63, 3.8) is 0 Å². The number of likely N-dealkylation sites (N-methyl/N-ethyl adjacent to an activating group) is 1. The van der Waals surface area contributed by atoms with E-state index in [9.17, 15) is 9.90 Å². The van der Waals surface area contributed by atoms with Gasteiger partial charge in [-0.25, -0.2) is 4.98 Å². The summed E-state index contributed by atoms with van der Waals surface area (Å²) in [6.45, 7) is 3.53. The number of nitrogens with one attached hydrogen (secondary N) is 1. The smallest absolute Gasteiger partial charge is 0.222 e. The number of fused-ring (bicyclic) bond motifs is 2. The molecule has 4 heterocycles. The molecule has 0 aliphatic carbocycles. The van der Waals surface area contributed by atoms with Gasteiger partial charge in [0.1, 0.15) is 11.3 Å². The quantitative estimate of drug-likeness (QED) is 0.460. The first kappa shape index (κ1) is 22.3. The Morgan fingerprint density at radius 2 is 2.09 bits per heavy atom. The Morgan fingerprint density at radius 3 is 2.97 bits per heavy atom. The van der Waals surface area contributed by atoms with E-state index in [1.165, 1.54) is 0 Å². The maximum absolute atomic E-state index is 12.9. The molecule has 1 atom stereocenters. The van der Waals surface area contributed by atoms with Gasteiger partial charge >= 0.3 is 0 Å². The summed E-state index contributed by atoms with van der Waals surface area (Å²) in [4.78, 5) is 33.3. The number of amides is 1. The SMILES string of the molecule is Cc1nc2ccc(CCC(=O)N(C)C[C@]3(O)CCCN(c4ccnc5cccnc45)C3)cc2[nH]1. The van der Waals surface area contributed by atoms with Crippen LogP contribution in [0.3, 0.4) is 0 Å². The summed E-state index contributed by atoms with van der Waals surface area (Å²) < 4.78 is 0. The first-order valence-corrected chi connectivity index (χ1v) is 11.8. The Hall–Kier alpha value is -3.52. The molecule has 5 rings (SSSR count). The number of benzene rings is 1. The van der Waals surface area contributed by atoms with E-state index in [2.05, 4.69) is 30.9 Å². The highest BCUT2D eigenvalue weighted by Crippen LogP contribution is 2.30. The molecule has 0 radical (unpaired) electrons. The fraction of sp³-hybridized carbons (Fsp3) is 0.385. The van der Waals surface area contributed by atoms with Gasteiger partial charge < -0.3 is 19.9 Å². The van der Waals surface area contributed by atoms with Gasteiger partial charge in [0.15, 0.2) is 0 Å². The van der Waals surface area contributed by atoms with Crippen LogP contribution in [-0.2, 0) is 11.2 Å². The molecule has 1 aliphatic rings. The number of H-pyrrole nitrogens is 1. The Labute approximate surface area is 198 Å². The zero-order chi connectivity index (χ0) is 23.7. The van der Waals surface area contributed by atoms with E-state index in [1.807, 2.05) is 37.3 Å². The van der Waals surface area contributed by atoms with Gasteiger partial charge in [0, 0.05) is 39.0 Å². The molecule has 3 aromatic heterocycles. The second kappa shape index (κ2) is 9.02. The number of aliphatic hydroxyl groups is 1. The van der Waals surface area contributed by atoms with Crippen LogP contribution in [-0.4, -0.2) is 68.1 Å². The van der Waals surface area contributed by atoms with Crippen LogP contribution >= 0.6 is 0 Å². The van der Waals surface area contributed by atoms with Crippen LogP contribution in [0.5, 0.6) is 0 Å². The molecule has 176 valence electrons. The molecule has 1 fully saturated rings. The number of carbonyl (C=O) groups excluding carboxylic acids is 1. The van der Waals surface area contributed by atoms with Gasteiger partial charge in [0.2, 0.25) is 5.91 Å². The highest BCUT2D eigenvalue weighted by atomic mass is 16.3. The van der Waals surface area contributed by atoms with Gasteiger partial charge in [-0.2, -0.15) is 0 Å². The number of anilines is 1. The summed E-state index contributed by atoms with van der Waals surface area (Å²) in [7, 11) is 1.78. The third kappa shape index (κ3) is 4.59. The summed E-state index contributed by atoms with van der Waals surface area (Å²) in [6.07, 6.45) is 6.10. The van der Waals surface area contributed by atoms with Crippen LogP contribution in [0.2, 0.25) is 0 Å². The second-order valence-electron chi connectivity index (χ2n) is 9.37. The maximum Gasteiger partial charge on any atom is 0.222 e. The van der Waals surface area contributed by atoms with E-state index in [1.54, 1.807) is 24.3 Å². The molecule has 34 heavy (non-hydrogen) atoms. The van der Waals surface area contributed by atoms with Crippen molar-refractivity contribution >= 4 is 33.7 Å². The van der Waals surface area contributed by atoms with Crippen molar-refractivity contribution < 1.29 is 9.90 Å². The number of imidazole rings is 1. The van der Waals surface area contributed by atoms with Gasteiger partial charge in [-0.05, 0) is 62.1 Å². The lowest BCUT2D eigenvalue weighted by Crippen LogP contribution is -2.54. The van der Waals surface area contributed by atoms with Crippen molar-refractivity contribution in [1.82, 2.24) is 24.8 Å².